The molecule has 0 radical (unpaired) electrons. The molecule has 1 aromatic rings. The van der Waals surface area contributed by atoms with Gasteiger partial charge in [0.15, 0.2) is 0 Å². The minimum Gasteiger partial charge on any atom is -1.00 e. The quantitative estimate of drug-likeness (QED) is 0.390. The van der Waals surface area contributed by atoms with Crippen molar-refractivity contribution in [2.75, 3.05) is 6.54 Å². The van der Waals surface area contributed by atoms with Crippen molar-refractivity contribution in [3.8, 4) is 0 Å². The molecule has 0 spiro atoms. The van der Waals surface area contributed by atoms with Crippen molar-refractivity contribution in [3.05, 3.63) is 18.7 Å². The smallest absolute Gasteiger partial charge is 0.416 e. The third kappa shape index (κ3) is 1.85. The molecule has 2 atom stereocenters. The number of carbonyl (C=O) groups excluding carboxylic acids is 1. The third-order valence-corrected chi connectivity index (χ3v) is 3.64. The van der Waals surface area contributed by atoms with Crippen LogP contribution in [0, 0.1) is 5.92 Å². The van der Waals surface area contributed by atoms with Gasteiger partial charge in [-0.05, 0) is 25.2 Å². The number of hydrogen-bond acceptors (Lipinski definition) is 1. The summed E-state index contributed by atoms with van der Waals surface area (Å²) in [6.07, 6.45) is 9.28. The topological polar surface area (TPSA) is 29.1 Å². The maximum absolute atomic E-state index is 12.1. The van der Waals surface area contributed by atoms with Crippen molar-refractivity contribution in [1.29, 1.82) is 0 Å². The fraction of sp³-hybridized carbons (Fsp3) is 0.636. The van der Waals surface area contributed by atoms with Gasteiger partial charge in [-0.15, -0.1) is 0 Å². The van der Waals surface area contributed by atoms with Gasteiger partial charge in [0, 0.05) is 12.6 Å². The lowest BCUT2D eigenvalue weighted by Crippen LogP contribution is -3.00. The van der Waals surface area contributed by atoms with Crippen LogP contribution in [-0.4, -0.2) is 28.1 Å². The molecule has 2 fully saturated rings. The molecule has 2 unspecified atom stereocenters. The van der Waals surface area contributed by atoms with Crippen LogP contribution in [0.4, 0.5) is 4.79 Å². The molecule has 1 aliphatic heterocycles. The molecule has 5 heteroatoms. The Balaban J connectivity index is 0.000000963. The van der Waals surface area contributed by atoms with Crippen molar-refractivity contribution in [1.82, 2.24) is 9.47 Å². The second-order valence-electron chi connectivity index (χ2n) is 4.75. The summed E-state index contributed by atoms with van der Waals surface area (Å²) in [5, 5.41) is 0. The molecular weight excluding hydrogens is 317 g/mol. The molecule has 2 bridgehead atoms. The van der Waals surface area contributed by atoms with E-state index in [2.05, 4.69) is 0 Å². The molecule has 4 nitrogen and oxygen atoms in total. The Kier molecular flexibility index (Phi) is 3.23. The van der Waals surface area contributed by atoms with E-state index in [0.717, 1.165) is 12.5 Å². The van der Waals surface area contributed by atoms with E-state index >= 15 is 0 Å². The van der Waals surface area contributed by atoms with Gasteiger partial charge < -0.3 is 28.9 Å². The van der Waals surface area contributed by atoms with Crippen LogP contribution in [0.1, 0.15) is 19.3 Å². The van der Waals surface area contributed by atoms with E-state index in [4.69, 9.17) is 0 Å². The van der Waals surface area contributed by atoms with Crippen molar-refractivity contribution in [2.24, 2.45) is 13.0 Å². The standard InChI is InChI=1S/C11H16N3O.HI/c1-12-4-5-13(8-12)11(15)14-7-9-2-3-10(14)6-9;/h4-5,8-10H,2-3,6-7H2,1H3;1H/q+1;/p-1. The van der Waals surface area contributed by atoms with E-state index in [1.165, 1.54) is 19.3 Å². The van der Waals surface area contributed by atoms with Gasteiger partial charge in [0.1, 0.15) is 12.4 Å². The predicted octanol–water partition coefficient (Wildman–Crippen LogP) is -2.23. The van der Waals surface area contributed by atoms with Crippen LogP contribution in [0.3, 0.4) is 0 Å². The summed E-state index contributed by atoms with van der Waals surface area (Å²) in [5.74, 6) is 0.767. The maximum Gasteiger partial charge on any atom is 0.416 e. The van der Waals surface area contributed by atoms with Crippen LogP contribution in [0.25, 0.3) is 0 Å². The number of rotatable bonds is 0. The van der Waals surface area contributed by atoms with Crippen molar-refractivity contribution < 1.29 is 33.3 Å². The summed E-state index contributed by atoms with van der Waals surface area (Å²) < 4.78 is 3.58. The lowest BCUT2D eigenvalue weighted by Gasteiger charge is -2.24. The minimum absolute atomic E-state index is 0. The number of fused-ring (bicyclic) bond motifs is 2. The Morgan fingerprint density at radius 1 is 1.44 bits per heavy atom. The highest BCUT2D eigenvalue weighted by Crippen LogP contribution is 2.37. The molecule has 88 valence electrons. The van der Waals surface area contributed by atoms with Crippen LogP contribution in [0.15, 0.2) is 18.7 Å². The van der Waals surface area contributed by atoms with Crippen LogP contribution < -0.4 is 28.5 Å². The first-order chi connectivity index (χ1) is 7.24. The van der Waals surface area contributed by atoms with Crippen LogP contribution >= 0.6 is 0 Å². The summed E-state index contributed by atoms with van der Waals surface area (Å²) in [4.78, 5) is 14.2. The lowest BCUT2D eigenvalue weighted by molar-refractivity contribution is -0.670. The molecule has 1 aliphatic carbocycles. The largest absolute Gasteiger partial charge is 1.00 e. The number of hydrogen-bond donors (Lipinski definition) is 0. The normalized spacial score (nSPS) is 26.9. The highest BCUT2D eigenvalue weighted by atomic mass is 127. The molecule has 3 rings (SSSR count). The average Bonchev–Trinajstić information content (AvgIpc) is 2.90. The maximum atomic E-state index is 12.1. The second-order valence-corrected chi connectivity index (χ2v) is 4.75. The number of carbonyl (C=O) groups is 1. The monoisotopic (exact) mass is 333 g/mol. The number of nitrogens with zero attached hydrogens (tertiary/aromatic N) is 3. The molecule has 0 aromatic carbocycles. The zero-order valence-electron chi connectivity index (χ0n) is 9.34. The zero-order valence-corrected chi connectivity index (χ0v) is 11.5. The Hall–Kier alpha value is -0.590. The molecule has 1 saturated carbocycles. The van der Waals surface area contributed by atoms with Crippen molar-refractivity contribution >= 4 is 6.03 Å². The fourth-order valence-electron chi connectivity index (χ4n) is 2.87. The van der Waals surface area contributed by atoms with Crippen LogP contribution in [0.2, 0.25) is 0 Å². The fourth-order valence-corrected chi connectivity index (χ4v) is 2.87. The first-order valence-corrected chi connectivity index (χ1v) is 5.58. The molecule has 16 heavy (non-hydrogen) atoms. The zero-order chi connectivity index (χ0) is 10.4. The molecule has 1 aromatic heterocycles. The summed E-state index contributed by atoms with van der Waals surface area (Å²) in [6.45, 7) is 0.964. The van der Waals surface area contributed by atoms with Gasteiger partial charge in [0.05, 0.1) is 7.05 Å². The van der Waals surface area contributed by atoms with E-state index in [-0.39, 0.29) is 30.0 Å². The number of likely N-dealkylation sites (tertiary alicyclic amines) is 1. The summed E-state index contributed by atoms with van der Waals surface area (Å²) >= 11 is 0. The predicted molar refractivity (Wildman–Crippen MR) is 54.2 cm³/mol. The summed E-state index contributed by atoms with van der Waals surface area (Å²) in [6, 6.07) is 0.651. The van der Waals surface area contributed by atoms with Gasteiger partial charge in [-0.25, -0.2) is 9.36 Å². The lowest BCUT2D eigenvalue weighted by atomic mass is 10.1. The number of piperidine rings is 1. The highest BCUT2D eigenvalue weighted by Gasteiger charge is 2.42. The molecule has 1 saturated heterocycles. The summed E-state index contributed by atoms with van der Waals surface area (Å²) in [7, 11) is 1.93. The van der Waals surface area contributed by atoms with Gasteiger partial charge >= 0.3 is 6.03 Å². The summed E-state index contributed by atoms with van der Waals surface area (Å²) in [5.41, 5.74) is 0. The molecule has 0 N–H and O–H groups in total. The van der Waals surface area contributed by atoms with Gasteiger partial charge in [-0.3, -0.25) is 0 Å². The Bertz CT molecular complexity index is 404. The van der Waals surface area contributed by atoms with Crippen LogP contribution in [-0.2, 0) is 7.05 Å². The number of aromatic nitrogens is 2. The third-order valence-electron chi connectivity index (χ3n) is 3.64. The SMILES string of the molecule is C[n+]1ccn(C(=O)N2CC3CCC2C3)c1.[I-]. The van der Waals surface area contributed by atoms with E-state index in [0.29, 0.717) is 6.04 Å². The molecular formula is C11H16IN3O. The molecule has 2 heterocycles. The van der Waals surface area contributed by atoms with Crippen molar-refractivity contribution in [2.45, 2.75) is 25.3 Å². The average molecular weight is 333 g/mol. The number of aryl methyl sites for hydroxylation is 1. The van der Waals surface area contributed by atoms with Crippen molar-refractivity contribution in [3.63, 3.8) is 0 Å². The van der Waals surface area contributed by atoms with E-state index in [1.54, 1.807) is 4.57 Å². The molecule has 2 aliphatic rings. The Labute approximate surface area is 112 Å². The minimum atomic E-state index is 0. The first kappa shape index (κ1) is 11.9. The van der Waals surface area contributed by atoms with Gasteiger partial charge in [-0.1, -0.05) is 0 Å². The van der Waals surface area contributed by atoms with Gasteiger partial charge in [-0.2, -0.15) is 4.57 Å². The van der Waals surface area contributed by atoms with E-state index < -0.39 is 0 Å². The van der Waals surface area contributed by atoms with Gasteiger partial charge in [0.2, 0.25) is 0 Å². The Morgan fingerprint density at radius 2 is 2.25 bits per heavy atom. The van der Waals surface area contributed by atoms with E-state index in [9.17, 15) is 4.79 Å². The number of halogens is 1. The van der Waals surface area contributed by atoms with E-state index in [1.807, 2.05) is 35.2 Å². The number of imidazole rings is 1. The van der Waals surface area contributed by atoms with Gasteiger partial charge in [0.25, 0.3) is 6.33 Å². The Morgan fingerprint density at radius 3 is 2.75 bits per heavy atom. The highest BCUT2D eigenvalue weighted by molar-refractivity contribution is 5.77. The first-order valence-electron chi connectivity index (χ1n) is 5.58. The molecule has 1 amide bonds. The van der Waals surface area contributed by atoms with Crippen LogP contribution in [0.5, 0.6) is 0 Å². The second kappa shape index (κ2) is 4.35. The number of amides is 1.